The quantitative estimate of drug-likeness (QED) is 0.530. The molecule has 1 amide bonds. The van der Waals surface area contributed by atoms with Crippen molar-refractivity contribution in [3.8, 4) is 11.3 Å². The summed E-state index contributed by atoms with van der Waals surface area (Å²) in [4.78, 5) is 22.9. The average molecular weight is 366 g/mol. The molecule has 1 aromatic heterocycles. The lowest BCUT2D eigenvalue weighted by Gasteiger charge is -2.03. The first kappa shape index (κ1) is 18.1. The van der Waals surface area contributed by atoms with Crippen LogP contribution in [-0.2, 0) is 0 Å². The molecule has 6 nitrogen and oxygen atoms in total. The van der Waals surface area contributed by atoms with Crippen LogP contribution in [0.3, 0.4) is 0 Å². The lowest BCUT2D eigenvalue weighted by molar-refractivity contribution is 0.0696. The summed E-state index contributed by atoms with van der Waals surface area (Å²) in [7, 11) is 0. The van der Waals surface area contributed by atoms with Crippen LogP contribution in [0, 0.1) is 12.7 Å². The highest BCUT2D eigenvalue weighted by atomic mass is 19.1. The first-order valence-corrected chi connectivity index (χ1v) is 7.97. The lowest BCUT2D eigenvalue weighted by atomic mass is 10.0. The molecule has 27 heavy (non-hydrogen) atoms. The van der Waals surface area contributed by atoms with E-state index in [1.54, 1.807) is 31.2 Å². The number of hydrazone groups is 1. The molecule has 7 heteroatoms. The third-order valence-electron chi connectivity index (χ3n) is 3.83. The first-order valence-electron chi connectivity index (χ1n) is 7.97. The van der Waals surface area contributed by atoms with E-state index in [9.17, 15) is 14.0 Å². The second-order valence-electron chi connectivity index (χ2n) is 5.74. The smallest absolute Gasteiger partial charge is 0.335 e. The number of carboxylic acids is 1. The van der Waals surface area contributed by atoms with Gasteiger partial charge < -0.3 is 9.52 Å². The molecule has 136 valence electrons. The summed E-state index contributed by atoms with van der Waals surface area (Å²) in [5.74, 6) is -0.932. The van der Waals surface area contributed by atoms with E-state index in [-0.39, 0.29) is 11.1 Å². The van der Waals surface area contributed by atoms with Crippen LogP contribution < -0.4 is 5.43 Å². The zero-order chi connectivity index (χ0) is 19.4. The van der Waals surface area contributed by atoms with E-state index < -0.39 is 17.7 Å². The minimum absolute atomic E-state index is 0.202. The molecule has 3 rings (SSSR count). The predicted molar refractivity (Wildman–Crippen MR) is 97.3 cm³/mol. The summed E-state index contributed by atoms with van der Waals surface area (Å²) in [6, 6.07) is 13.2. The van der Waals surface area contributed by atoms with Gasteiger partial charge in [0.15, 0.2) is 0 Å². The van der Waals surface area contributed by atoms with E-state index in [0.29, 0.717) is 11.5 Å². The topological polar surface area (TPSA) is 91.9 Å². The molecular formula is C20H15FN2O4. The zero-order valence-electron chi connectivity index (χ0n) is 14.3. The van der Waals surface area contributed by atoms with Crippen molar-refractivity contribution in [2.45, 2.75) is 6.92 Å². The molecule has 0 spiro atoms. The molecule has 0 aliphatic rings. The Balaban J connectivity index is 1.69. The highest BCUT2D eigenvalue weighted by Crippen LogP contribution is 2.26. The summed E-state index contributed by atoms with van der Waals surface area (Å²) >= 11 is 0. The van der Waals surface area contributed by atoms with E-state index in [1.807, 2.05) is 0 Å². The van der Waals surface area contributed by atoms with E-state index in [1.165, 1.54) is 36.5 Å². The minimum atomic E-state index is -0.992. The van der Waals surface area contributed by atoms with Crippen molar-refractivity contribution in [1.29, 1.82) is 0 Å². The number of nitrogens with zero attached hydrogens (tertiary/aromatic N) is 1. The Kier molecular flexibility index (Phi) is 5.12. The average Bonchev–Trinajstić information content (AvgIpc) is 3.10. The van der Waals surface area contributed by atoms with Crippen LogP contribution in [0.25, 0.3) is 11.3 Å². The lowest BCUT2D eigenvalue weighted by Crippen LogP contribution is -2.17. The largest absolute Gasteiger partial charge is 0.478 e. The molecule has 0 aliphatic heterocycles. The number of aromatic carboxylic acids is 1. The number of nitrogens with one attached hydrogen (secondary N) is 1. The van der Waals surface area contributed by atoms with Gasteiger partial charge in [0.1, 0.15) is 17.3 Å². The molecule has 0 unspecified atom stereocenters. The number of halogens is 1. The van der Waals surface area contributed by atoms with Crippen LogP contribution in [0.2, 0.25) is 0 Å². The molecule has 1 heterocycles. The van der Waals surface area contributed by atoms with Gasteiger partial charge in [0.2, 0.25) is 0 Å². The number of amides is 1. The number of carbonyl (C=O) groups excluding carboxylic acids is 1. The molecule has 2 aromatic carbocycles. The number of carboxylic acid groups (broad SMARTS) is 1. The highest BCUT2D eigenvalue weighted by Gasteiger charge is 2.10. The van der Waals surface area contributed by atoms with Crippen molar-refractivity contribution in [3.63, 3.8) is 0 Å². The van der Waals surface area contributed by atoms with Crippen LogP contribution in [0.15, 0.2) is 64.1 Å². The van der Waals surface area contributed by atoms with Crippen molar-refractivity contribution in [1.82, 2.24) is 5.43 Å². The van der Waals surface area contributed by atoms with Crippen LogP contribution >= 0.6 is 0 Å². The summed E-state index contributed by atoms with van der Waals surface area (Å²) in [5.41, 5.74) is 4.33. The molecule has 0 saturated carbocycles. The van der Waals surface area contributed by atoms with Crippen LogP contribution in [-0.4, -0.2) is 23.2 Å². The molecule has 0 bridgehead atoms. The molecule has 3 aromatic rings. The minimum Gasteiger partial charge on any atom is -0.478 e. The summed E-state index contributed by atoms with van der Waals surface area (Å²) in [5, 5.41) is 12.8. The number of rotatable bonds is 5. The van der Waals surface area contributed by atoms with E-state index in [4.69, 9.17) is 9.52 Å². The van der Waals surface area contributed by atoms with Gasteiger partial charge in [0.25, 0.3) is 5.91 Å². The number of carbonyl (C=O) groups is 2. The summed E-state index contributed by atoms with van der Waals surface area (Å²) in [6.07, 6.45) is 1.34. The van der Waals surface area contributed by atoms with Gasteiger partial charge in [-0.3, -0.25) is 4.79 Å². The first-order chi connectivity index (χ1) is 12.9. The highest BCUT2D eigenvalue weighted by molar-refractivity contribution is 5.94. The predicted octanol–water partition coefficient (Wildman–Crippen LogP) is 3.86. The van der Waals surface area contributed by atoms with Gasteiger partial charge in [0, 0.05) is 11.1 Å². The molecule has 0 radical (unpaired) electrons. The van der Waals surface area contributed by atoms with Gasteiger partial charge in [-0.25, -0.2) is 14.6 Å². The third kappa shape index (κ3) is 4.27. The number of benzene rings is 2. The number of aryl methyl sites for hydroxylation is 1. The van der Waals surface area contributed by atoms with Gasteiger partial charge in [-0.2, -0.15) is 5.10 Å². The van der Waals surface area contributed by atoms with Crippen LogP contribution in [0.5, 0.6) is 0 Å². The van der Waals surface area contributed by atoms with Crippen molar-refractivity contribution >= 4 is 18.1 Å². The molecule has 2 N–H and O–H groups in total. The molecule has 0 atom stereocenters. The standard InChI is InChI=1S/C20H15FN2O4/c1-12-10-14(20(25)26)4-8-17(12)18-9-7-16(27-18)11-22-23-19(24)13-2-5-15(21)6-3-13/h2-11H,1H3,(H,23,24)(H,25,26)/b22-11-. The summed E-state index contributed by atoms with van der Waals surface area (Å²) < 4.78 is 18.5. The maximum absolute atomic E-state index is 12.9. The van der Waals surface area contributed by atoms with Crippen molar-refractivity contribution in [2.24, 2.45) is 5.10 Å². The zero-order valence-corrected chi connectivity index (χ0v) is 14.3. The Bertz CT molecular complexity index is 1020. The Morgan fingerprint density at radius 3 is 2.44 bits per heavy atom. The Morgan fingerprint density at radius 2 is 1.78 bits per heavy atom. The SMILES string of the molecule is Cc1cc(C(=O)O)ccc1-c1ccc(/C=N\NC(=O)c2ccc(F)cc2)o1. The van der Waals surface area contributed by atoms with Gasteiger partial charge in [-0.05, 0) is 61.0 Å². The van der Waals surface area contributed by atoms with Crippen molar-refractivity contribution in [3.05, 3.63) is 82.9 Å². The van der Waals surface area contributed by atoms with Gasteiger partial charge in [0.05, 0.1) is 11.8 Å². The van der Waals surface area contributed by atoms with Gasteiger partial charge in [-0.1, -0.05) is 6.07 Å². The van der Waals surface area contributed by atoms with Gasteiger partial charge in [-0.15, -0.1) is 0 Å². The Labute approximate surface area is 153 Å². The van der Waals surface area contributed by atoms with Crippen LogP contribution in [0.1, 0.15) is 32.0 Å². The fraction of sp³-hybridized carbons (Fsp3) is 0.0500. The van der Waals surface area contributed by atoms with Crippen molar-refractivity contribution < 1.29 is 23.5 Å². The number of hydrogen-bond donors (Lipinski definition) is 2. The normalized spacial score (nSPS) is 10.9. The van der Waals surface area contributed by atoms with E-state index >= 15 is 0 Å². The maximum atomic E-state index is 12.9. The Hall–Kier alpha value is -3.74. The number of hydrogen-bond acceptors (Lipinski definition) is 4. The monoisotopic (exact) mass is 366 g/mol. The molecule has 0 aliphatic carbocycles. The number of furan rings is 1. The Morgan fingerprint density at radius 1 is 1.07 bits per heavy atom. The molecule has 0 fully saturated rings. The van der Waals surface area contributed by atoms with Gasteiger partial charge >= 0.3 is 5.97 Å². The van der Waals surface area contributed by atoms with E-state index in [0.717, 1.165) is 11.1 Å². The molecular weight excluding hydrogens is 351 g/mol. The fourth-order valence-electron chi connectivity index (χ4n) is 2.46. The maximum Gasteiger partial charge on any atom is 0.335 e. The summed E-state index contributed by atoms with van der Waals surface area (Å²) in [6.45, 7) is 1.79. The second kappa shape index (κ2) is 7.65. The second-order valence-corrected chi connectivity index (χ2v) is 5.74. The van der Waals surface area contributed by atoms with E-state index in [2.05, 4.69) is 10.5 Å². The third-order valence-corrected chi connectivity index (χ3v) is 3.83. The van der Waals surface area contributed by atoms with Crippen molar-refractivity contribution in [2.75, 3.05) is 0 Å². The molecule has 0 saturated heterocycles. The fourth-order valence-corrected chi connectivity index (χ4v) is 2.46. The van der Waals surface area contributed by atoms with Crippen LogP contribution in [0.4, 0.5) is 4.39 Å².